The zero-order valence-electron chi connectivity index (χ0n) is 1.73. The maximum atomic E-state index is 3.78. The molecule has 0 amide bonds. The Kier molecular flexibility index (Phi) is 86.6. The molecule has 0 unspecified atom stereocenters. The minimum absolute atomic E-state index is 0. The van der Waals surface area contributed by atoms with Crippen LogP contribution in [-0.2, 0) is 28.9 Å². The Morgan fingerprint density at radius 3 is 1.25 bits per heavy atom. The Balaban J connectivity index is -0.00000000500. The van der Waals surface area contributed by atoms with Crippen LogP contribution in [0.3, 0.4) is 0 Å². The van der Waals surface area contributed by atoms with Gasteiger partial charge in [0.15, 0.2) is 0 Å². The Hall–Kier alpha value is 1.91. The van der Waals surface area contributed by atoms with E-state index in [0.29, 0.717) is 0 Å². The van der Waals surface area contributed by atoms with E-state index in [-0.39, 0.29) is 42.9 Å². The van der Waals surface area contributed by atoms with Gasteiger partial charge in [0.2, 0.25) is 0 Å². The van der Waals surface area contributed by atoms with E-state index >= 15 is 0 Å². The molecule has 0 N–H and O–H groups in total. The van der Waals surface area contributed by atoms with Crippen molar-refractivity contribution in [3.05, 3.63) is 0 Å². The zero-order valence-corrected chi connectivity index (χ0v) is 7.68. The molecule has 4 heavy (non-hydrogen) atoms. The second-order valence-electron chi connectivity index (χ2n) is 0. The van der Waals surface area contributed by atoms with Crippen molar-refractivity contribution in [2.75, 3.05) is 0 Å². The average Bonchev–Trinajstić information content (AvgIpc) is 1.00. The van der Waals surface area contributed by atoms with Crippen LogP contribution in [0.2, 0.25) is 0 Å². The topological polar surface area (TPSA) is 0 Å². The molecule has 4 heteroatoms. The Bertz CT molecular complexity index is 8.00. The van der Waals surface area contributed by atoms with Crippen molar-refractivity contribution >= 4 is 45.7 Å². The third-order valence-electron chi connectivity index (χ3n) is 0. The molecule has 0 spiro atoms. The van der Waals surface area contributed by atoms with Gasteiger partial charge in [-0.05, 0) is 11.8 Å². The van der Waals surface area contributed by atoms with E-state index in [1.165, 1.54) is 0 Å². The zero-order chi connectivity index (χ0) is 2.00. The smallest absolute Gasteiger partial charge is 0.0464 e. The summed E-state index contributed by atoms with van der Waals surface area (Å²) in [6, 6.07) is 0. The molecule has 0 saturated heterocycles. The van der Waals surface area contributed by atoms with Gasteiger partial charge < -0.3 is 0 Å². The summed E-state index contributed by atoms with van der Waals surface area (Å²) in [4.78, 5) is 0. The molecule has 25 valence electrons. The fraction of sp³-hybridized carbons (Fsp3) is 0. The van der Waals surface area contributed by atoms with Crippen LogP contribution in [0.4, 0.5) is 0 Å². The first-order chi connectivity index (χ1) is 1.00. The van der Waals surface area contributed by atoms with Crippen LogP contribution in [0, 0.1) is 0 Å². The van der Waals surface area contributed by atoms with Gasteiger partial charge in [0.25, 0.3) is 0 Å². The van der Waals surface area contributed by atoms with E-state index in [0.717, 1.165) is 0 Å². The third-order valence-corrected chi connectivity index (χ3v) is 0. The molecule has 0 bridgehead atoms. The minimum Gasteiger partial charge on any atom is -0.0464 e. The molecule has 0 aliphatic carbocycles. The van der Waals surface area contributed by atoms with Crippen LogP contribution < -0.4 is 0 Å². The normalized spacial score (nSPS) is 1.00. The molecule has 0 aromatic rings. The summed E-state index contributed by atoms with van der Waals surface area (Å²) in [5.41, 5.74) is 0. The molecule has 0 aromatic carbocycles. The summed E-state index contributed by atoms with van der Waals surface area (Å²) in [5, 5.41) is 0. The molecule has 0 nitrogen and oxygen atoms in total. The molecule has 0 heterocycles. The molecule has 0 aliphatic rings. The van der Waals surface area contributed by atoms with Gasteiger partial charge in [0.05, 0.1) is 0 Å². The summed E-state index contributed by atoms with van der Waals surface area (Å²) in [6.07, 6.45) is 0. The van der Waals surface area contributed by atoms with Crippen molar-refractivity contribution in [3.8, 4) is 0 Å². The fourth-order valence-electron chi connectivity index (χ4n) is 0. The predicted octanol–water partition coefficient (Wildman–Crippen LogP) is 0.475. The monoisotopic (exact) mass is 241 g/mol. The first-order valence-electron chi connectivity index (χ1n) is 0.183. The van der Waals surface area contributed by atoms with Crippen molar-refractivity contribution in [1.82, 2.24) is 0 Å². The van der Waals surface area contributed by atoms with Crippen LogP contribution in [0.5, 0.6) is 0 Å². The molecular formula is CuInPS. The van der Waals surface area contributed by atoms with Crippen molar-refractivity contribution in [3.63, 3.8) is 0 Å². The third kappa shape index (κ3) is 9.08. The van der Waals surface area contributed by atoms with Crippen LogP contribution >= 0.6 is 8.02 Å². The molecule has 0 atom stereocenters. The summed E-state index contributed by atoms with van der Waals surface area (Å²) in [5.74, 6) is 0. The molecule has 5 radical (unpaired) electrons. The van der Waals surface area contributed by atoms with E-state index < -0.39 is 0 Å². The first-order valence-corrected chi connectivity index (χ1v) is 1.64. The molecule has 0 aromatic heterocycles. The molecule has 0 aliphatic heterocycles. The molecule has 0 fully saturated rings. The minimum atomic E-state index is 0. The number of rotatable bonds is 0. The van der Waals surface area contributed by atoms with E-state index in [1.54, 1.807) is 0 Å². The Morgan fingerprint density at radius 1 is 1.25 bits per heavy atom. The van der Waals surface area contributed by atoms with Gasteiger partial charge >= 0.3 is 0 Å². The van der Waals surface area contributed by atoms with E-state index in [9.17, 15) is 0 Å². The number of hydrogen-bond acceptors (Lipinski definition) is 1. The summed E-state index contributed by atoms with van der Waals surface area (Å²) >= 11 is 3.78. The predicted molar refractivity (Wildman–Crippen MR) is 20.0 cm³/mol. The molecular weight excluding hydrogens is 241 g/mol. The van der Waals surface area contributed by atoms with Gasteiger partial charge in [-0.15, -0.1) is 0 Å². The SMILES string of the molecule is [Cu].[In].[P]=S. The second-order valence-corrected chi connectivity index (χ2v) is 0. The van der Waals surface area contributed by atoms with Gasteiger partial charge in [0.1, 0.15) is 0 Å². The van der Waals surface area contributed by atoms with Crippen LogP contribution in [0.15, 0.2) is 0 Å². The standard InChI is InChI=1S/Cu.In.PS/c;;1-2. The maximum absolute atomic E-state index is 3.78. The van der Waals surface area contributed by atoms with Gasteiger partial charge in [-0.25, -0.2) is 0 Å². The van der Waals surface area contributed by atoms with E-state index in [1.807, 2.05) is 0 Å². The summed E-state index contributed by atoms with van der Waals surface area (Å²) < 4.78 is 0. The van der Waals surface area contributed by atoms with Crippen molar-refractivity contribution in [2.24, 2.45) is 0 Å². The maximum Gasteiger partial charge on any atom is 0.0464 e. The van der Waals surface area contributed by atoms with Gasteiger partial charge in [-0.2, -0.15) is 0 Å². The second kappa shape index (κ2) is 20.6. The first kappa shape index (κ1) is 16.8. The van der Waals surface area contributed by atoms with Gasteiger partial charge in [-0.1, -0.05) is 0 Å². The van der Waals surface area contributed by atoms with Crippen molar-refractivity contribution < 1.29 is 17.1 Å². The van der Waals surface area contributed by atoms with Crippen LogP contribution in [0.1, 0.15) is 0 Å². The van der Waals surface area contributed by atoms with Crippen molar-refractivity contribution in [2.45, 2.75) is 0 Å². The van der Waals surface area contributed by atoms with Crippen molar-refractivity contribution in [1.29, 1.82) is 0 Å². The average molecular weight is 241 g/mol. The van der Waals surface area contributed by atoms with Crippen LogP contribution in [-0.4, -0.2) is 25.8 Å². The largest absolute Gasteiger partial charge is 0.0464 e. The Morgan fingerprint density at radius 2 is 1.25 bits per heavy atom. The number of hydrogen-bond donors (Lipinski definition) is 0. The van der Waals surface area contributed by atoms with E-state index in [4.69, 9.17) is 0 Å². The molecule has 0 saturated carbocycles. The van der Waals surface area contributed by atoms with Gasteiger partial charge in [-0.3, -0.25) is 0 Å². The fourth-order valence-corrected chi connectivity index (χ4v) is 0. The Labute approximate surface area is 62.2 Å². The van der Waals surface area contributed by atoms with Crippen LogP contribution in [0.25, 0.3) is 0 Å². The summed E-state index contributed by atoms with van der Waals surface area (Å²) in [7, 11) is 3.11. The van der Waals surface area contributed by atoms with E-state index in [2.05, 4.69) is 19.8 Å². The molecule has 0 rings (SSSR count). The van der Waals surface area contributed by atoms with Gasteiger partial charge in [0, 0.05) is 50.9 Å². The summed E-state index contributed by atoms with van der Waals surface area (Å²) in [6.45, 7) is 0. The quantitative estimate of drug-likeness (QED) is 0.439.